The van der Waals surface area contributed by atoms with Gasteiger partial charge in [-0.15, -0.1) is 12.4 Å². The van der Waals surface area contributed by atoms with Gasteiger partial charge in [0.2, 0.25) is 0 Å². The van der Waals surface area contributed by atoms with Crippen LogP contribution in [0.3, 0.4) is 0 Å². The van der Waals surface area contributed by atoms with Gasteiger partial charge in [-0.05, 0) is 63.4 Å². The number of rotatable bonds is 5. The zero-order valence-electron chi connectivity index (χ0n) is 17.5. The quantitative estimate of drug-likeness (QED) is 0.641. The highest BCUT2D eigenvalue weighted by Crippen LogP contribution is 2.27. The number of hydrogen-bond acceptors (Lipinski definition) is 3. The smallest absolute Gasteiger partial charge is 0.255 e. The molecule has 0 spiro atoms. The first kappa shape index (κ1) is 22.1. The van der Waals surface area contributed by atoms with Crippen molar-refractivity contribution in [3.8, 4) is 16.9 Å². The van der Waals surface area contributed by atoms with E-state index in [1.807, 2.05) is 36.5 Å². The van der Waals surface area contributed by atoms with Crippen LogP contribution in [0.4, 0.5) is 0 Å². The van der Waals surface area contributed by atoms with Gasteiger partial charge in [0.05, 0.1) is 11.3 Å². The fourth-order valence-electron chi connectivity index (χ4n) is 3.96. The maximum absolute atomic E-state index is 13.1. The molecule has 1 unspecified atom stereocenters. The highest BCUT2D eigenvalue weighted by atomic mass is 35.5. The summed E-state index contributed by atoms with van der Waals surface area (Å²) in [6.45, 7) is 6.87. The second-order valence-electron chi connectivity index (χ2n) is 7.91. The molecule has 0 aliphatic carbocycles. The summed E-state index contributed by atoms with van der Waals surface area (Å²) in [5.74, 6) is 0.425. The number of aryl methyl sites for hydroxylation is 2. The van der Waals surface area contributed by atoms with Crippen LogP contribution < -0.4 is 10.6 Å². The molecule has 3 aromatic rings. The van der Waals surface area contributed by atoms with E-state index in [1.54, 1.807) is 4.68 Å². The highest BCUT2D eigenvalue weighted by Gasteiger charge is 2.21. The number of nitrogens with zero attached hydrogens (tertiary/aromatic N) is 2. The van der Waals surface area contributed by atoms with E-state index in [1.165, 1.54) is 12.0 Å². The number of aromatic nitrogens is 2. The van der Waals surface area contributed by atoms with Gasteiger partial charge >= 0.3 is 0 Å². The molecule has 1 amide bonds. The van der Waals surface area contributed by atoms with Crippen LogP contribution in [0, 0.1) is 19.8 Å². The monoisotopic (exact) mass is 424 g/mol. The van der Waals surface area contributed by atoms with Crippen LogP contribution in [0.15, 0.2) is 54.7 Å². The summed E-state index contributed by atoms with van der Waals surface area (Å²) in [4.78, 5) is 13.1. The van der Waals surface area contributed by atoms with Crippen molar-refractivity contribution < 1.29 is 4.79 Å². The van der Waals surface area contributed by atoms with Gasteiger partial charge in [0, 0.05) is 18.3 Å². The molecule has 5 nitrogen and oxygen atoms in total. The number of nitrogens with one attached hydrogen (secondary N) is 2. The Morgan fingerprint density at radius 1 is 1.20 bits per heavy atom. The minimum absolute atomic E-state index is 0. The Balaban J connectivity index is 0.00000256. The number of hydrogen-bond donors (Lipinski definition) is 2. The molecule has 0 bridgehead atoms. The largest absolute Gasteiger partial charge is 0.352 e. The minimum Gasteiger partial charge on any atom is -0.352 e. The molecule has 2 aromatic carbocycles. The molecule has 0 saturated carbocycles. The van der Waals surface area contributed by atoms with E-state index in [2.05, 4.69) is 42.7 Å². The van der Waals surface area contributed by atoms with Gasteiger partial charge in [0.25, 0.3) is 5.91 Å². The van der Waals surface area contributed by atoms with Gasteiger partial charge in [0.1, 0.15) is 5.69 Å². The van der Waals surface area contributed by atoms with E-state index in [4.69, 9.17) is 5.10 Å². The lowest BCUT2D eigenvalue weighted by molar-refractivity contribution is 0.0945. The molecule has 2 N–H and O–H groups in total. The van der Waals surface area contributed by atoms with E-state index in [9.17, 15) is 4.79 Å². The van der Waals surface area contributed by atoms with E-state index < -0.39 is 0 Å². The molecule has 4 rings (SSSR count). The maximum Gasteiger partial charge on any atom is 0.255 e. The Hall–Kier alpha value is -2.63. The third-order valence-corrected chi connectivity index (χ3v) is 5.57. The summed E-state index contributed by atoms with van der Waals surface area (Å²) in [5.41, 5.74) is 5.59. The predicted molar refractivity (Wildman–Crippen MR) is 124 cm³/mol. The molecule has 2 heterocycles. The number of carbonyl (C=O) groups excluding carboxylic acids is 1. The van der Waals surface area contributed by atoms with Crippen molar-refractivity contribution in [2.45, 2.75) is 26.7 Å². The lowest BCUT2D eigenvalue weighted by atomic mass is 9.99. The molecule has 1 aliphatic rings. The second kappa shape index (κ2) is 9.92. The van der Waals surface area contributed by atoms with Crippen molar-refractivity contribution in [1.82, 2.24) is 20.4 Å². The van der Waals surface area contributed by atoms with Gasteiger partial charge in [-0.2, -0.15) is 5.10 Å². The fourth-order valence-corrected chi connectivity index (χ4v) is 3.96. The van der Waals surface area contributed by atoms with Crippen LogP contribution in [0.5, 0.6) is 0 Å². The molecule has 30 heavy (non-hydrogen) atoms. The van der Waals surface area contributed by atoms with Crippen LogP contribution in [-0.2, 0) is 0 Å². The average molecular weight is 425 g/mol. The maximum atomic E-state index is 13.1. The standard InChI is InChI=1S/C24H28N4O.ClH/c1-17-10-11-21(18(2)13-17)23-22(16-28(27-23)20-8-4-3-5-9-20)24(29)26-15-19-7-6-12-25-14-19;/h3-5,8-11,13,16,19,25H,6-7,12,14-15H2,1-2H3,(H,26,29);1H. The van der Waals surface area contributed by atoms with Crippen LogP contribution in [0.25, 0.3) is 16.9 Å². The third-order valence-electron chi connectivity index (χ3n) is 5.57. The van der Waals surface area contributed by atoms with Crippen LogP contribution in [-0.4, -0.2) is 35.3 Å². The first-order valence-electron chi connectivity index (χ1n) is 10.3. The Morgan fingerprint density at radius 3 is 2.70 bits per heavy atom. The van der Waals surface area contributed by atoms with E-state index in [0.29, 0.717) is 18.0 Å². The Kier molecular flexibility index (Phi) is 7.29. The van der Waals surface area contributed by atoms with Gasteiger partial charge in [-0.1, -0.05) is 42.0 Å². The highest BCUT2D eigenvalue weighted by molar-refractivity contribution is 6.00. The van der Waals surface area contributed by atoms with Crippen molar-refractivity contribution in [2.24, 2.45) is 5.92 Å². The zero-order chi connectivity index (χ0) is 20.2. The van der Waals surface area contributed by atoms with Gasteiger partial charge in [0.15, 0.2) is 0 Å². The molecule has 1 saturated heterocycles. The van der Waals surface area contributed by atoms with Gasteiger partial charge in [-0.3, -0.25) is 4.79 Å². The average Bonchev–Trinajstić information content (AvgIpc) is 3.19. The molecule has 1 aromatic heterocycles. The lowest BCUT2D eigenvalue weighted by Gasteiger charge is -2.22. The number of carbonyl (C=O) groups is 1. The molecule has 6 heteroatoms. The SMILES string of the molecule is Cc1ccc(-c2nn(-c3ccccc3)cc2C(=O)NCC2CCCNC2)c(C)c1.Cl. The van der Waals surface area contributed by atoms with Crippen LogP contribution in [0.1, 0.15) is 34.3 Å². The summed E-state index contributed by atoms with van der Waals surface area (Å²) < 4.78 is 1.80. The number of para-hydroxylation sites is 1. The molecule has 158 valence electrons. The van der Waals surface area contributed by atoms with E-state index in [0.717, 1.165) is 42.0 Å². The number of piperidine rings is 1. The fraction of sp³-hybridized carbons (Fsp3) is 0.333. The molecule has 1 fully saturated rings. The second-order valence-corrected chi connectivity index (χ2v) is 7.91. The summed E-state index contributed by atoms with van der Waals surface area (Å²) in [6.07, 6.45) is 4.17. The van der Waals surface area contributed by atoms with Crippen molar-refractivity contribution in [3.63, 3.8) is 0 Å². The Bertz CT molecular complexity index is 994. The molecular weight excluding hydrogens is 396 g/mol. The van der Waals surface area contributed by atoms with Crippen LogP contribution >= 0.6 is 12.4 Å². The van der Waals surface area contributed by atoms with Gasteiger partial charge < -0.3 is 10.6 Å². The van der Waals surface area contributed by atoms with Crippen molar-refractivity contribution >= 4 is 18.3 Å². The summed E-state index contributed by atoms with van der Waals surface area (Å²) in [6, 6.07) is 16.2. The number of halogens is 1. The number of benzene rings is 2. The summed E-state index contributed by atoms with van der Waals surface area (Å²) in [7, 11) is 0. The molecule has 1 aliphatic heterocycles. The van der Waals surface area contributed by atoms with E-state index in [-0.39, 0.29) is 18.3 Å². The predicted octanol–water partition coefficient (Wildman–Crippen LogP) is 4.31. The first-order chi connectivity index (χ1) is 14.1. The first-order valence-corrected chi connectivity index (χ1v) is 10.3. The zero-order valence-corrected chi connectivity index (χ0v) is 18.3. The Labute approximate surface area is 184 Å². The van der Waals surface area contributed by atoms with Crippen LogP contribution in [0.2, 0.25) is 0 Å². The Morgan fingerprint density at radius 2 is 2.00 bits per heavy atom. The normalized spacial score (nSPS) is 16.0. The lowest BCUT2D eigenvalue weighted by Crippen LogP contribution is -2.38. The minimum atomic E-state index is -0.0623. The van der Waals surface area contributed by atoms with Crippen molar-refractivity contribution in [2.75, 3.05) is 19.6 Å². The van der Waals surface area contributed by atoms with Crippen molar-refractivity contribution in [1.29, 1.82) is 0 Å². The third kappa shape index (κ3) is 4.91. The van der Waals surface area contributed by atoms with Gasteiger partial charge in [-0.25, -0.2) is 4.68 Å². The van der Waals surface area contributed by atoms with Crippen molar-refractivity contribution in [3.05, 3.63) is 71.4 Å². The molecule has 1 atom stereocenters. The topological polar surface area (TPSA) is 59.0 Å². The summed E-state index contributed by atoms with van der Waals surface area (Å²) in [5, 5.41) is 11.3. The number of amides is 1. The molecule has 0 radical (unpaired) electrons. The molecular formula is C24H29ClN4O. The van der Waals surface area contributed by atoms with E-state index >= 15 is 0 Å². The summed E-state index contributed by atoms with van der Waals surface area (Å²) >= 11 is 0.